The SMILES string of the molecule is C[C@@H]1CCC[C@@H](CC(=O)Nc2cc([C@H]3CCCOC3)nn2C)C1. The fraction of sp³-hybridized carbons (Fsp3) is 0.778. The molecule has 2 fully saturated rings. The van der Waals surface area contributed by atoms with Crippen LogP contribution in [0.2, 0.25) is 0 Å². The summed E-state index contributed by atoms with van der Waals surface area (Å²) in [5.74, 6) is 2.59. The van der Waals surface area contributed by atoms with Crippen molar-refractivity contribution in [3.63, 3.8) is 0 Å². The summed E-state index contributed by atoms with van der Waals surface area (Å²) in [5, 5.41) is 7.62. The van der Waals surface area contributed by atoms with E-state index in [1.54, 1.807) is 4.68 Å². The number of nitrogens with one attached hydrogen (secondary N) is 1. The predicted molar refractivity (Wildman–Crippen MR) is 90.4 cm³/mol. The van der Waals surface area contributed by atoms with Crippen molar-refractivity contribution < 1.29 is 9.53 Å². The highest BCUT2D eigenvalue weighted by atomic mass is 16.5. The summed E-state index contributed by atoms with van der Waals surface area (Å²) in [4.78, 5) is 12.3. The number of amides is 1. The first-order valence-electron chi connectivity index (χ1n) is 9.03. The summed E-state index contributed by atoms with van der Waals surface area (Å²) >= 11 is 0. The van der Waals surface area contributed by atoms with Gasteiger partial charge in [-0.2, -0.15) is 5.10 Å². The molecule has 5 nitrogen and oxygen atoms in total. The van der Waals surface area contributed by atoms with Crippen molar-refractivity contribution in [3.8, 4) is 0 Å². The lowest BCUT2D eigenvalue weighted by Gasteiger charge is -2.26. The van der Waals surface area contributed by atoms with Crippen molar-refractivity contribution in [3.05, 3.63) is 11.8 Å². The van der Waals surface area contributed by atoms with E-state index in [4.69, 9.17) is 4.74 Å². The van der Waals surface area contributed by atoms with Gasteiger partial charge in [-0.05, 0) is 37.5 Å². The number of hydrogen-bond acceptors (Lipinski definition) is 3. The smallest absolute Gasteiger partial charge is 0.225 e. The number of ether oxygens (including phenoxy) is 1. The highest BCUT2D eigenvalue weighted by Gasteiger charge is 2.23. The van der Waals surface area contributed by atoms with Crippen LogP contribution in [0.25, 0.3) is 0 Å². The van der Waals surface area contributed by atoms with E-state index in [9.17, 15) is 4.79 Å². The summed E-state index contributed by atoms with van der Waals surface area (Å²) < 4.78 is 7.32. The molecule has 3 atom stereocenters. The van der Waals surface area contributed by atoms with Gasteiger partial charge < -0.3 is 10.1 Å². The van der Waals surface area contributed by atoms with E-state index in [0.717, 1.165) is 43.5 Å². The molecule has 0 unspecified atom stereocenters. The Bertz CT molecular complexity index is 534. The van der Waals surface area contributed by atoms with Gasteiger partial charge in [-0.3, -0.25) is 9.48 Å². The Morgan fingerprint density at radius 1 is 1.39 bits per heavy atom. The zero-order chi connectivity index (χ0) is 16.2. The van der Waals surface area contributed by atoms with Crippen LogP contribution in [-0.2, 0) is 16.6 Å². The second-order valence-electron chi connectivity index (χ2n) is 7.38. The number of aryl methyl sites for hydroxylation is 1. The molecule has 1 aliphatic heterocycles. The number of carbonyl (C=O) groups excluding carboxylic acids is 1. The summed E-state index contributed by atoms with van der Waals surface area (Å²) in [7, 11) is 1.89. The molecule has 1 aromatic heterocycles. The van der Waals surface area contributed by atoms with Crippen LogP contribution in [0, 0.1) is 11.8 Å². The van der Waals surface area contributed by atoms with Crippen LogP contribution in [-0.4, -0.2) is 28.9 Å². The van der Waals surface area contributed by atoms with Gasteiger partial charge in [-0.1, -0.05) is 19.8 Å². The third-order valence-corrected chi connectivity index (χ3v) is 5.26. The molecule has 3 rings (SSSR count). The molecule has 1 saturated heterocycles. The molecule has 1 N–H and O–H groups in total. The van der Waals surface area contributed by atoms with Gasteiger partial charge in [0.25, 0.3) is 0 Å². The zero-order valence-corrected chi connectivity index (χ0v) is 14.4. The van der Waals surface area contributed by atoms with E-state index >= 15 is 0 Å². The minimum Gasteiger partial charge on any atom is -0.381 e. The lowest BCUT2D eigenvalue weighted by molar-refractivity contribution is -0.117. The number of nitrogens with zero attached hydrogens (tertiary/aromatic N) is 2. The minimum atomic E-state index is 0.124. The molecule has 2 heterocycles. The lowest BCUT2D eigenvalue weighted by Crippen LogP contribution is -2.21. The molecule has 23 heavy (non-hydrogen) atoms. The Morgan fingerprint density at radius 2 is 2.26 bits per heavy atom. The molecule has 1 aromatic rings. The first-order chi connectivity index (χ1) is 11.1. The van der Waals surface area contributed by atoms with Gasteiger partial charge in [0.15, 0.2) is 0 Å². The Labute approximate surface area is 138 Å². The third-order valence-electron chi connectivity index (χ3n) is 5.26. The standard InChI is InChI=1S/C18H29N3O2/c1-13-5-3-6-14(9-13)10-18(22)19-17-11-16(20-21(17)2)15-7-4-8-23-12-15/h11,13-15H,3-10,12H2,1-2H3,(H,19,22)/t13-,14-,15+/m1/s1. The van der Waals surface area contributed by atoms with Crippen LogP contribution < -0.4 is 5.32 Å². The molecule has 128 valence electrons. The molecule has 1 aliphatic carbocycles. The van der Waals surface area contributed by atoms with Crippen molar-refractivity contribution >= 4 is 11.7 Å². The van der Waals surface area contributed by atoms with E-state index in [2.05, 4.69) is 17.3 Å². The molecule has 0 bridgehead atoms. The van der Waals surface area contributed by atoms with Gasteiger partial charge in [0.2, 0.25) is 5.91 Å². The average molecular weight is 319 g/mol. The molecule has 0 radical (unpaired) electrons. The monoisotopic (exact) mass is 319 g/mol. The van der Waals surface area contributed by atoms with Crippen molar-refractivity contribution in [2.45, 2.75) is 57.8 Å². The van der Waals surface area contributed by atoms with Gasteiger partial charge in [-0.15, -0.1) is 0 Å². The van der Waals surface area contributed by atoms with Crippen LogP contribution in [0.1, 0.15) is 63.5 Å². The van der Waals surface area contributed by atoms with E-state index < -0.39 is 0 Å². The second-order valence-corrected chi connectivity index (χ2v) is 7.38. The fourth-order valence-electron chi connectivity index (χ4n) is 3.98. The van der Waals surface area contributed by atoms with Crippen LogP contribution in [0.5, 0.6) is 0 Å². The topological polar surface area (TPSA) is 56.1 Å². The molecule has 2 aliphatic rings. The number of rotatable bonds is 4. The van der Waals surface area contributed by atoms with E-state index in [1.165, 1.54) is 25.7 Å². The van der Waals surface area contributed by atoms with E-state index in [-0.39, 0.29) is 5.91 Å². The maximum Gasteiger partial charge on any atom is 0.225 e. The number of aromatic nitrogens is 2. The quantitative estimate of drug-likeness (QED) is 0.924. The highest BCUT2D eigenvalue weighted by molar-refractivity contribution is 5.90. The Balaban J connectivity index is 1.56. The zero-order valence-electron chi connectivity index (χ0n) is 14.4. The Kier molecular flexibility index (Phi) is 5.36. The van der Waals surface area contributed by atoms with Gasteiger partial charge >= 0.3 is 0 Å². The normalized spacial score (nSPS) is 28.5. The van der Waals surface area contributed by atoms with Crippen LogP contribution >= 0.6 is 0 Å². The van der Waals surface area contributed by atoms with Crippen molar-refractivity contribution in [2.75, 3.05) is 18.5 Å². The number of anilines is 1. The first kappa shape index (κ1) is 16.5. The number of hydrogen-bond donors (Lipinski definition) is 1. The lowest BCUT2D eigenvalue weighted by atomic mass is 9.81. The van der Waals surface area contributed by atoms with Crippen LogP contribution in [0.4, 0.5) is 5.82 Å². The fourth-order valence-corrected chi connectivity index (χ4v) is 3.98. The maximum absolute atomic E-state index is 12.3. The van der Waals surface area contributed by atoms with E-state index in [0.29, 0.717) is 18.3 Å². The van der Waals surface area contributed by atoms with Crippen molar-refractivity contribution in [1.82, 2.24) is 9.78 Å². The molecular formula is C18H29N3O2. The third kappa shape index (κ3) is 4.34. The first-order valence-corrected chi connectivity index (χ1v) is 9.03. The second kappa shape index (κ2) is 7.47. The Hall–Kier alpha value is -1.36. The summed E-state index contributed by atoms with van der Waals surface area (Å²) in [6.07, 6.45) is 7.78. The largest absolute Gasteiger partial charge is 0.381 e. The number of carbonyl (C=O) groups is 1. The van der Waals surface area contributed by atoms with Gasteiger partial charge in [0.05, 0.1) is 12.3 Å². The van der Waals surface area contributed by atoms with Crippen LogP contribution in [0.3, 0.4) is 0 Å². The summed E-state index contributed by atoms with van der Waals surface area (Å²) in [6.45, 7) is 3.89. The summed E-state index contributed by atoms with van der Waals surface area (Å²) in [6, 6.07) is 2.01. The van der Waals surface area contributed by atoms with Crippen molar-refractivity contribution in [1.29, 1.82) is 0 Å². The predicted octanol–water partition coefficient (Wildman–Crippen LogP) is 3.47. The minimum absolute atomic E-state index is 0.124. The van der Waals surface area contributed by atoms with E-state index in [1.807, 2.05) is 13.1 Å². The van der Waals surface area contributed by atoms with Gasteiger partial charge in [0.1, 0.15) is 5.82 Å². The maximum atomic E-state index is 12.3. The Morgan fingerprint density at radius 3 is 3.00 bits per heavy atom. The molecular weight excluding hydrogens is 290 g/mol. The van der Waals surface area contributed by atoms with Crippen molar-refractivity contribution in [2.24, 2.45) is 18.9 Å². The van der Waals surface area contributed by atoms with Crippen LogP contribution in [0.15, 0.2) is 6.07 Å². The van der Waals surface area contributed by atoms with Gasteiger partial charge in [-0.25, -0.2) is 0 Å². The molecule has 1 amide bonds. The summed E-state index contributed by atoms with van der Waals surface area (Å²) in [5.41, 5.74) is 1.04. The van der Waals surface area contributed by atoms with Gasteiger partial charge in [0, 0.05) is 32.1 Å². The average Bonchev–Trinajstić information content (AvgIpc) is 2.89. The molecule has 0 aromatic carbocycles. The molecule has 0 spiro atoms. The molecule has 1 saturated carbocycles. The highest BCUT2D eigenvalue weighted by Crippen LogP contribution is 2.31. The molecule has 5 heteroatoms.